The third-order valence-electron chi connectivity index (χ3n) is 2.09. The van der Waals surface area contributed by atoms with Crippen LogP contribution in [0.15, 0.2) is 30.9 Å². The number of ether oxygens (including phenoxy) is 1. The lowest BCUT2D eigenvalue weighted by Gasteiger charge is -2.08. The van der Waals surface area contributed by atoms with Gasteiger partial charge < -0.3 is 10.1 Å². The molecule has 0 fully saturated rings. The van der Waals surface area contributed by atoms with Crippen molar-refractivity contribution in [1.82, 2.24) is 5.32 Å². The van der Waals surface area contributed by atoms with Gasteiger partial charge in [-0.25, -0.2) is 0 Å². The van der Waals surface area contributed by atoms with Gasteiger partial charge >= 0.3 is 0 Å². The number of rotatable bonds is 6. The van der Waals surface area contributed by atoms with Crippen molar-refractivity contribution < 1.29 is 14.3 Å². The fraction of sp³-hybridized carbons (Fsp3) is 0.231. The van der Waals surface area contributed by atoms with Gasteiger partial charge in [-0.05, 0) is 19.1 Å². The first-order valence-corrected chi connectivity index (χ1v) is 5.23. The van der Waals surface area contributed by atoms with Gasteiger partial charge in [0.05, 0.1) is 5.56 Å². The van der Waals surface area contributed by atoms with Crippen LogP contribution in [0.5, 0.6) is 5.75 Å². The maximum absolute atomic E-state index is 11.3. The molecule has 1 amide bonds. The molecule has 1 rings (SSSR count). The number of carbonyl (C=O) groups excluding carboxylic acids is 2. The molecule has 0 saturated heterocycles. The topological polar surface area (TPSA) is 55.4 Å². The second-order valence-electron chi connectivity index (χ2n) is 3.54. The summed E-state index contributed by atoms with van der Waals surface area (Å²) in [6, 6.07) is 5.22. The molecule has 0 unspecified atom stereocenters. The minimum Gasteiger partial charge on any atom is -0.483 e. The van der Waals surface area contributed by atoms with E-state index in [1.54, 1.807) is 18.2 Å². The highest BCUT2D eigenvalue weighted by Gasteiger charge is 2.05. The SMILES string of the molecule is C=CCNC(=O)COc1ccc(C)cc1C=O. The zero-order valence-corrected chi connectivity index (χ0v) is 9.73. The molecule has 0 aliphatic rings. The molecule has 1 aromatic rings. The molecule has 0 spiro atoms. The normalized spacial score (nSPS) is 9.47. The molecule has 0 radical (unpaired) electrons. The van der Waals surface area contributed by atoms with Crippen molar-refractivity contribution in [3.05, 3.63) is 42.0 Å². The standard InChI is InChI=1S/C13H15NO3/c1-3-6-14-13(16)9-17-12-5-4-10(2)7-11(12)8-15/h3-5,7-8H,1,6,9H2,2H3,(H,14,16). The van der Waals surface area contributed by atoms with E-state index in [4.69, 9.17) is 4.74 Å². The molecule has 0 aromatic heterocycles. The molecule has 4 heteroatoms. The Morgan fingerprint density at radius 2 is 2.29 bits per heavy atom. The summed E-state index contributed by atoms with van der Waals surface area (Å²) >= 11 is 0. The Labute approximate surface area is 100 Å². The number of aldehydes is 1. The van der Waals surface area contributed by atoms with E-state index in [0.717, 1.165) is 5.56 Å². The van der Waals surface area contributed by atoms with E-state index in [0.29, 0.717) is 24.1 Å². The second kappa shape index (κ2) is 6.48. The molecule has 1 aromatic carbocycles. The molecule has 0 heterocycles. The van der Waals surface area contributed by atoms with Crippen LogP contribution in [0.25, 0.3) is 0 Å². The first kappa shape index (κ1) is 13.0. The summed E-state index contributed by atoms with van der Waals surface area (Å²) in [4.78, 5) is 22.1. The first-order valence-electron chi connectivity index (χ1n) is 5.23. The molecule has 0 bridgehead atoms. The Morgan fingerprint density at radius 3 is 2.94 bits per heavy atom. The summed E-state index contributed by atoms with van der Waals surface area (Å²) in [6.07, 6.45) is 2.30. The third-order valence-corrected chi connectivity index (χ3v) is 2.09. The van der Waals surface area contributed by atoms with Crippen LogP contribution in [0.2, 0.25) is 0 Å². The van der Waals surface area contributed by atoms with Gasteiger partial charge in [-0.15, -0.1) is 6.58 Å². The van der Waals surface area contributed by atoms with Crippen molar-refractivity contribution in [3.8, 4) is 5.75 Å². The largest absolute Gasteiger partial charge is 0.483 e. The number of benzene rings is 1. The molecule has 0 aliphatic heterocycles. The number of hydrogen-bond acceptors (Lipinski definition) is 3. The quantitative estimate of drug-likeness (QED) is 0.598. The predicted molar refractivity (Wildman–Crippen MR) is 65.3 cm³/mol. The van der Waals surface area contributed by atoms with E-state index < -0.39 is 0 Å². The highest BCUT2D eigenvalue weighted by atomic mass is 16.5. The van der Waals surface area contributed by atoms with Crippen LogP contribution >= 0.6 is 0 Å². The van der Waals surface area contributed by atoms with Gasteiger partial charge in [0.1, 0.15) is 5.75 Å². The van der Waals surface area contributed by atoms with Crippen molar-refractivity contribution in [2.75, 3.05) is 13.2 Å². The van der Waals surface area contributed by atoms with Gasteiger partial charge in [0.15, 0.2) is 12.9 Å². The lowest BCUT2D eigenvalue weighted by Crippen LogP contribution is -2.28. The highest BCUT2D eigenvalue weighted by molar-refractivity contribution is 5.81. The predicted octanol–water partition coefficient (Wildman–Crippen LogP) is 1.49. The van der Waals surface area contributed by atoms with Gasteiger partial charge in [-0.3, -0.25) is 9.59 Å². The van der Waals surface area contributed by atoms with Crippen LogP contribution in [0.4, 0.5) is 0 Å². The minimum atomic E-state index is -0.248. The van der Waals surface area contributed by atoms with Crippen LogP contribution in [-0.2, 0) is 4.79 Å². The second-order valence-corrected chi connectivity index (χ2v) is 3.54. The van der Waals surface area contributed by atoms with Gasteiger partial charge in [-0.2, -0.15) is 0 Å². The van der Waals surface area contributed by atoms with Gasteiger partial charge in [0.25, 0.3) is 5.91 Å². The van der Waals surface area contributed by atoms with E-state index in [-0.39, 0.29) is 12.5 Å². The molecule has 17 heavy (non-hydrogen) atoms. The van der Waals surface area contributed by atoms with Crippen LogP contribution < -0.4 is 10.1 Å². The fourth-order valence-electron chi connectivity index (χ4n) is 1.27. The van der Waals surface area contributed by atoms with Gasteiger partial charge in [-0.1, -0.05) is 17.7 Å². The molecule has 1 N–H and O–H groups in total. The lowest BCUT2D eigenvalue weighted by atomic mass is 10.1. The summed E-state index contributed by atoms with van der Waals surface area (Å²) in [5, 5.41) is 2.58. The van der Waals surface area contributed by atoms with Crippen LogP contribution in [0.1, 0.15) is 15.9 Å². The number of carbonyl (C=O) groups is 2. The summed E-state index contributed by atoms with van der Waals surface area (Å²) in [6.45, 7) is 5.65. The minimum absolute atomic E-state index is 0.113. The number of nitrogens with one attached hydrogen (secondary N) is 1. The van der Waals surface area contributed by atoms with Crippen molar-refractivity contribution in [1.29, 1.82) is 0 Å². The van der Waals surface area contributed by atoms with Crippen molar-refractivity contribution in [2.24, 2.45) is 0 Å². The smallest absolute Gasteiger partial charge is 0.258 e. The molecule has 0 aliphatic carbocycles. The Morgan fingerprint density at radius 1 is 1.53 bits per heavy atom. The van der Waals surface area contributed by atoms with E-state index in [1.807, 2.05) is 13.0 Å². The van der Waals surface area contributed by atoms with Gasteiger partial charge in [0, 0.05) is 6.54 Å². The number of amides is 1. The number of aryl methyl sites for hydroxylation is 1. The molecule has 90 valence electrons. The van der Waals surface area contributed by atoms with Crippen LogP contribution in [-0.4, -0.2) is 25.3 Å². The summed E-state index contributed by atoms with van der Waals surface area (Å²) in [5.74, 6) is 0.168. The first-order chi connectivity index (χ1) is 8.17. The van der Waals surface area contributed by atoms with Crippen LogP contribution in [0, 0.1) is 6.92 Å². The number of hydrogen-bond donors (Lipinski definition) is 1. The van der Waals surface area contributed by atoms with E-state index in [1.165, 1.54) is 0 Å². The van der Waals surface area contributed by atoms with Crippen LogP contribution in [0.3, 0.4) is 0 Å². The highest BCUT2D eigenvalue weighted by Crippen LogP contribution is 2.17. The molecular formula is C13H15NO3. The fourth-order valence-corrected chi connectivity index (χ4v) is 1.27. The zero-order chi connectivity index (χ0) is 12.7. The average molecular weight is 233 g/mol. The Bertz CT molecular complexity index is 427. The summed E-state index contributed by atoms with van der Waals surface area (Å²) in [5.41, 5.74) is 1.41. The Balaban J connectivity index is 2.59. The maximum atomic E-state index is 11.3. The lowest BCUT2D eigenvalue weighted by molar-refractivity contribution is -0.122. The van der Waals surface area contributed by atoms with Gasteiger partial charge in [0.2, 0.25) is 0 Å². The Kier molecular flexibility index (Phi) is 4.94. The van der Waals surface area contributed by atoms with Crippen molar-refractivity contribution in [3.63, 3.8) is 0 Å². The Hall–Kier alpha value is -2.10. The van der Waals surface area contributed by atoms with Crippen molar-refractivity contribution >= 4 is 12.2 Å². The van der Waals surface area contributed by atoms with Crippen molar-refractivity contribution in [2.45, 2.75) is 6.92 Å². The molecule has 4 nitrogen and oxygen atoms in total. The third kappa shape index (κ3) is 4.10. The molecule has 0 saturated carbocycles. The molecule has 0 atom stereocenters. The van der Waals surface area contributed by atoms with E-state index >= 15 is 0 Å². The monoisotopic (exact) mass is 233 g/mol. The summed E-state index contributed by atoms with van der Waals surface area (Å²) in [7, 11) is 0. The van der Waals surface area contributed by atoms with E-state index in [9.17, 15) is 9.59 Å². The summed E-state index contributed by atoms with van der Waals surface area (Å²) < 4.78 is 5.26. The average Bonchev–Trinajstić information content (AvgIpc) is 2.34. The zero-order valence-electron chi connectivity index (χ0n) is 9.73. The van der Waals surface area contributed by atoms with E-state index in [2.05, 4.69) is 11.9 Å². The maximum Gasteiger partial charge on any atom is 0.258 e. The molecular weight excluding hydrogens is 218 g/mol.